The van der Waals surface area contributed by atoms with Crippen molar-refractivity contribution in [2.75, 3.05) is 18.5 Å². The number of rotatable bonds is 3. The summed E-state index contributed by atoms with van der Waals surface area (Å²) in [6, 6.07) is 3.58. The van der Waals surface area contributed by atoms with Gasteiger partial charge in [0.15, 0.2) is 0 Å². The van der Waals surface area contributed by atoms with Gasteiger partial charge < -0.3 is 4.90 Å². The molecule has 17 heavy (non-hydrogen) atoms. The molecule has 3 nitrogen and oxygen atoms in total. The highest BCUT2D eigenvalue weighted by atomic mass is 35.5. The molecule has 0 atom stereocenters. The first-order valence-corrected chi connectivity index (χ1v) is 5.05. The Labute approximate surface area is 101 Å². The van der Waals surface area contributed by atoms with Gasteiger partial charge in [0, 0.05) is 13.6 Å². The Hall–Kier alpha value is -1.48. The van der Waals surface area contributed by atoms with Crippen LogP contribution in [0.3, 0.4) is 0 Å². The van der Waals surface area contributed by atoms with Gasteiger partial charge in [0.1, 0.15) is 11.0 Å². The molecule has 0 amide bonds. The third kappa shape index (κ3) is 3.79. The second kappa shape index (κ2) is 5.23. The molecule has 0 bridgehead atoms. The van der Waals surface area contributed by atoms with E-state index >= 15 is 0 Å². The fourth-order valence-electron chi connectivity index (χ4n) is 1.17. The van der Waals surface area contributed by atoms with Gasteiger partial charge in [-0.3, -0.25) is 0 Å². The van der Waals surface area contributed by atoms with Crippen LogP contribution in [0.2, 0.25) is 5.15 Å². The number of nitriles is 1. The summed E-state index contributed by atoms with van der Waals surface area (Å²) in [7, 11) is 1.55. The summed E-state index contributed by atoms with van der Waals surface area (Å²) in [5.74, 6) is 0.0973. The van der Waals surface area contributed by atoms with Gasteiger partial charge in [-0.1, -0.05) is 11.6 Å². The molecule has 0 saturated heterocycles. The minimum Gasteiger partial charge on any atom is -0.359 e. The zero-order valence-corrected chi connectivity index (χ0v) is 9.68. The number of nitrogens with zero attached hydrogens (tertiary/aromatic N) is 3. The molecule has 1 aromatic rings. The molecular formula is C10H9ClF3N3. The topological polar surface area (TPSA) is 39.9 Å². The largest absolute Gasteiger partial charge is 0.416 e. The van der Waals surface area contributed by atoms with E-state index in [4.69, 9.17) is 16.9 Å². The smallest absolute Gasteiger partial charge is 0.359 e. The Morgan fingerprint density at radius 2 is 2.12 bits per heavy atom. The standard InChI is InChI=1S/C10H9ClF3N3/c1-17(4-2-3-15)9-6-7(10(12,13)14)5-8(11)16-9/h5-6H,2,4H2,1H3. The molecule has 1 aromatic heterocycles. The van der Waals surface area contributed by atoms with Crippen molar-refractivity contribution in [1.82, 2.24) is 4.98 Å². The number of hydrogen-bond donors (Lipinski definition) is 0. The first-order chi connectivity index (χ1) is 7.84. The zero-order valence-electron chi connectivity index (χ0n) is 8.92. The Balaban J connectivity index is 3.02. The van der Waals surface area contributed by atoms with Crippen LogP contribution in [0.15, 0.2) is 12.1 Å². The van der Waals surface area contributed by atoms with Gasteiger partial charge >= 0.3 is 6.18 Å². The predicted molar refractivity (Wildman–Crippen MR) is 57.7 cm³/mol. The summed E-state index contributed by atoms with van der Waals surface area (Å²) >= 11 is 5.53. The number of pyridine rings is 1. The average molecular weight is 264 g/mol. The minimum absolute atomic E-state index is 0.0973. The molecule has 0 unspecified atom stereocenters. The molecule has 0 aliphatic rings. The molecule has 92 valence electrons. The number of hydrogen-bond acceptors (Lipinski definition) is 3. The van der Waals surface area contributed by atoms with Crippen LogP contribution < -0.4 is 4.90 Å². The summed E-state index contributed by atoms with van der Waals surface area (Å²) < 4.78 is 37.5. The number of alkyl halides is 3. The molecule has 0 aromatic carbocycles. The van der Waals surface area contributed by atoms with E-state index in [-0.39, 0.29) is 17.4 Å². The molecule has 0 aliphatic carbocycles. The highest BCUT2D eigenvalue weighted by molar-refractivity contribution is 6.29. The summed E-state index contributed by atoms with van der Waals surface area (Å²) in [6.07, 6.45) is -4.26. The molecule has 0 fully saturated rings. The summed E-state index contributed by atoms with van der Waals surface area (Å²) in [4.78, 5) is 5.23. The molecule has 0 radical (unpaired) electrons. The fourth-order valence-corrected chi connectivity index (χ4v) is 1.38. The van der Waals surface area contributed by atoms with E-state index in [1.165, 1.54) is 4.90 Å². The molecular weight excluding hydrogens is 255 g/mol. The summed E-state index contributed by atoms with van der Waals surface area (Å²) in [5.41, 5.74) is -0.851. The highest BCUT2D eigenvalue weighted by Crippen LogP contribution is 2.32. The lowest BCUT2D eigenvalue weighted by atomic mass is 10.2. The second-order valence-corrected chi connectivity index (χ2v) is 3.75. The van der Waals surface area contributed by atoms with Crippen LogP contribution >= 0.6 is 11.6 Å². The third-order valence-corrected chi connectivity index (χ3v) is 2.25. The lowest BCUT2D eigenvalue weighted by Gasteiger charge is -2.18. The zero-order chi connectivity index (χ0) is 13.1. The van der Waals surface area contributed by atoms with E-state index in [0.29, 0.717) is 6.54 Å². The van der Waals surface area contributed by atoms with Crippen LogP contribution in [0.1, 0.15) is 12.0 Å². The number of aromatic nitrogens is 1. The second-order valence-electron chi connectivity index (χ2n) is 3.36. The van der Waals surface area contributed by atoms with Gasteiger partial charge in [0.05, 0.1) is 18.1 Å². The van der Waals surface area contributed by atoms with Gasteiger partial charge in [0.2, 0.25) is 0 Å². The molecule has 1 rings (SSSR count). The monoisotopic (exact) mass is 263 g/mol. The lowest BCUT2D eigenvalue weighted by molar-refractivity contribution is -0.137. The minimum atomic E-state index is -4.46. The van der Waals surface area contributed by atoms with Gasteiger partial charge in [-0.25, -0.2) is 4.98 Å². The lowest BCUT2D eigenvalue weighted by Crippen LogP contribution is -2.20. The highest BCUT2D eigenvalue weighted by Gasteiger charge is 2.31. The summed E-state index contributed by atoms with van der Waals surface area (Å²) in [6.45, 7) is 0.293. The molecule has 1 heterocycles. The van der Waals surface area contributed by atoms with E-state index in [9.17, 15) is 13.2 Å². The van der Waals surface area contributed by atoms with Crippen LogP contribution in [-0.4, -0.2) is 18.6 Å². The predicted octanol–water partition coefficient (Wildman–Crippen LogP) is 3.10. The third-order valence-electron chi connectivity index (χ3n) is 2.06. The average Bonchev–Trinajstić information content (AvgIpc) is 2.23. The van der Waals surface area contributed by atoms with Gasteiger partial charge in [-0.2, -0.15) is 18.4 Å². The fraction of sp³-hybridized carbons (Fsp3) is 0.400. The van der Waals surface area contributed by atoms with Crippen LogP contribution in [0.4, 0.5) is 19.0 Å². The van der Waals surface area contributed by atoms with Crippen molar-refractivity contribution in [3.05, 3.63) is 22.8 Å². The van der Waals surface area contributed by atoms with Crippen molar-refractivity contribution < 1.29 is 13.2 Å². The van der Waals surface area contributed by atoms with Crippen molar-refractivity contribution in [3.8, 4) is 6.07 Å². The van der Waals surface area contributed by atoms with E-state index in [2.05, 4.69) is 4.98 Å². The maximum absolute atomic E-state index is 12.5. The van der Waals surface area contributed by atoms with Gasteiger partial charge in [0.25, 0.3) is 0 Å². The van der Waals surface area contributed by atoms with Crippen LogP contribution in [-0.2, 0) is 6.18 Å². The Kier molecular flexibility index (Phi) is 4.18. The van der Waals surface area contributed by atoms with Crippen molar-refractivity contribution in [3.63, 3.8) is 0 Å². The number of halogens is 4. The van der Waals surface area contributed by atoms with E-state index in [1.54, 1.807) is 7.05 Å². The van der Waals surface area contributed by atoms with Crippen molar-refractivity contribution in [2.45, 2.75) is 12.6 Å². The Bertz CT molecular complexity index is 439. The van der Waals surface area contributed by atoms with Crippen molar-refractivity contribution in [2.24, 2.45) is 0 Å². The van der Waals surface area contributed by atoms with Gasteiger partial charge in [-0.05, 0) is 12.1 Å². The molecule has 0 aliphatic heterocycles. The van der Waals surface area contributed by atoms with E-state index in [0.717, 1.165) is 12.1 Å². The number of anilines is 1. The summed E-state index contributed by atoms with van der Waals surface area (Å²) in [5, 5.41) is 8.17. The quantitative estimate of drug-likeness (QED) is 0.787. The van der Waals surface area contributed by atoms with E-state index in [1.807, 2.05) is 6.07 Å². The Morgan fingerprint density at radius 1 is 1.47 bits per heavy atom. The van der Waals surface area contributed by atoms with Crippen molar-refractivity contribution in [1.29, 1.82) is 5.26 Å². The van der Waals surface area contributed by atoms with Gasteiger partial charge in [-0.15, -0.1) is 0 Å². The molecule has 0 N–H and O–H groups in total. The molecule has 0 spiro atoms. The normalized spacial score (nSPS) is 11.1. The molecule has 0 saturated carbocycles. The first-order valence-electron chi connectivity index (χ1n) is 4.67. The maximum atomic E-state index is 12.5. The van der Waals surface area contributed by atoms with Crippen LogP contribution in [0.25, 0.3) is 0 Å². The van der Waals surface area contributed by atoms with Crippen LogP contribution in [0, 0.1) is 11.3 Å². The SMILES string of the molecule is CN(CCC#N)c1cc(C(F)(F)F)cc(Cl)n1. The van der Waals surface area contributed by atoms with Crippen LogP contribution in [0.5, 0.6) is 0 Å². The first kappa shape index (κ1) is 13.6. The molecule has 7 heteroatoms. The van der Waals surface area contributed by atoms with E-state index < -0.39 is 11.7 Å². The maximum Gasteiger partial charge on any atom is 0.416 e. The Morgan fingerprint density at radius 3 is 2.65 bits per heavy atom. The van der Waals surface area contributed by atoms with Crippen molar-refractivity contribution >= 4 is 17.4 Å².